The van der Waals surface area contributed by atoms with Crippen LogP contribution in [0.5, 0.6) is 5.75 Å². The minimum atomic E-state index is -3.99. The van der Waals surface area contributed by atoms with E-state index in [1.165, 1.54) is 43.3 Å². The van der Waals surface area contributed by atoms with Gasteiger partial charge in [0.15, 0.2) is 6.10 Å². The third-order valence-electron chi connectivity index (χ3n) is 6.32. The number of aryl methyl sites for hydroxylation is 2. The molecule has 0 amide bonds. The largest absolute Gasteiger partial charge is 0.451 e. The predicted molar refractivity (Wildman–Crippen MR) is 150 cm³/mol. The molecular formula is C30H28F2N2O6S. The number of esters is 1. The summed E-state index contributed by atoms with van der Waals surface area (Å²) in [7, 11) is -3.99. The van der Waals surface area contributed by atoms with Crippen molar-refractivity contribution in [3.05, 3.63) is 107 Å². The molecule has 1 atom stereocenters. The number of hydrogen-bond acceptors (Lipinski definition) is 6. The van der Waals surface area contributed by atoms with Crippen molar-refractivity contribution in [3.8, 4) is 11.4 Å². The Morgan fingerprint density at radius 3 is 2.24 bits per heavy atom. The van der Waals surface area contributed by atoms with Crippen molar-refractivity contribution in [3.63, 3.8) is 0 Å². The standard InChI is InChI=1S/C30H28F2N2O6S/c1-18-7-5-9-23(15-18)33-41(37,38)26-10-6-8-22(17-26)29(36)39-21(4)28(35)27-16-19(2)34(20(27)3)24-11-13-25(14-12-24)40-30(31)32/h5-17,21,30,33H,1-4H3/t21-/m1/s1. The summed E-state index contributed by atoms with van der Waals surface area (Å²) in [6.45, 7) is 3.82. The molecule has 4 aromatic rings. The molecule has 1 aromatic heterocycles. The molecule has 0 saturated carbocycles. The van der Waals surface area contributed by atoms with Gasteiger partial charge in [-0.05, 0) is 93.9 Å². The van der Waals surface area contributed by atoms with Crippen LogP contribution in [0.2, 0.25) is 0 Å². The zero-order valence-corrected chi connectivity index (χ0v) is 23.5. The minimum Gasteiger partial charge on any atom is -0.451 e. The Morgan fingerprint density at radius 1 is 0.902 bits per heavy atom. The number of sulfonamides is 1. The number of aromatic nitrogens is 1. The quantitative estimate of drug-likeness (QED) is 0.176. The average Bonchev–Trinajstić information content (AvgIpc) is 3.21. The van der Waals surface area contributed by atoms with E-state index in [1.807, 2.05) is 13.0 Å². The van der Waals surface area contributed by atoms with Crippen LogP contribution < -0.4 is 9.46 Å². The molecule has 11 heteroatoms. The number of alkyl halides is 2. The first-order valence-electron chi connectivity index (χ1n) is 12.5. The third kappa shape index (κ3) is 6.80. The topological polar surface area (TPSA) is 104 Å². The summed E-state index contributed by atoms with van der Waals surface area (Å²) in [6, 6.07) is 19.8. The Labute approximate surface area is 236 Å². The Morgan fingerprint density at radius 2 is 1.59 bits per heavy atom. The summed E-state index contributed by atoms with van der Waals surface area (Å²) in [4.78, 5) is 26.0. The number of carbonyl (C=O) groups is 2. The molecule has 3 aromatic carbocycles. The highest BCUT2D eigenvalue weighted by atomic mass is 32.2. The molecule has 0 aliphatic rings. The summed E-state index contributed by atoms with van der Waals surface area (Å²) < 4.78 is 64.8. The Balaban J connectivity index is 1.49. The highest BCUT2D eigenvalue weighted by molar-refractivity contribution is 7.92. The smallest absolute Gasteiger partial charge is 0.387 e. The first kappa shape index (κ1) is 29.5. The van der Waals surface area contributed by atoms with Crippen molar-refractivity contribution in [2.24, 2.45) is 0 Å². The van der Waals surface area contributed by atoms with Crippen LogP contribution >= 0.6 is 0 Å². The van der Waals surface area contributed by atoms with Crippen molar-refractivity contribution in [2.45, 2.75) is 45.3 Å². The molecule has 41 heavy (non-hydrogen) atoms. The number of Topliss-reactive ketones (excluding diaryl/α,β-unsaturated/α-hetero) is 1. The number of anilines is 1. The first-order valence-corrected chi connectivity index (χ1v) is 14.0. The van der Waals surface area contributed by atoms with Crippen molar-refractivity contribution >= 4 is 27.5 Å². The van der Waals surface area contributed by atoms with E-state index < -0.39 is 34.5 Å². The number of carbonyl (C=O) groups excluding carboxylic acids is 2. The van der Waals surface area contributed by atoms with Gasteiger partial charge in [-0.2, -0.15) is 8.78 Å². The monoisotopic (exact) mass is 582 g/mol. The summed E-state index contributed by atoms with van der Waals surface area (Å²) in [6.07, 6.45) is -1.18. The molecule has 0 aliphatic heterocycles. The number of ether oxygens (including phenoxy) is 2. The molecule has 0 spiro atoms. The van der Waals surface area contributed by atoms with Gasteiger partial charge in [0.2, 0.25) is 5.78 Å². The van der Waals surface area contributed by atoms with Crippen LogP contribution in [0.3, 0.4) is 0 Å². The lowest BCUT2D eigenvalue weighted by atomic mass is 10.1. The van der Waals surface area contributed by atoms with E-state index >= 15 is 0 Å². The van der Waals surface area contributed by atoms with Gasteiger partial charge in [-0.3, -0.25) is 9.52 Å². The summed E-state index contributed by atoms with van der Waals surface area (Å²) in [5.41, 5.74) is 3.43. The van der Waals surface area contributed by atoms with Gasteiger partial charge in [0, 0.05) is 28.3 Å². The highest BCUT2D eigenvalue weighted by Crippen LogP contribution is 2.25. The van der Waals surface area contributed by atoms with Crippen LogP contribution in [0, 0.1) is 20.8 Å². The van der Waals surface area contributed by atoms with Crippen molar-refractivity contribution in [1.29, 1.82) is 0 Å². The van der Waals surface area contributed by atoms with E-state index in [1.54, 1.807) is 54.8 Å². The number of hydrogen-bond donors (Lipinski definition) is 1. The number of halogens is 2. The molecule has 214 valence electrons. The maximum Gasteiger partial charge on any atom is 0.387 e. The first-order chi connectivity index (χ1) is 19.4. The second kappa shape index (κ2) is 11.9. The lowest BCUT2D eigenvalue weighted by Crippen LogP contribution is -2.25. The fourth-order valence-electron chi connectivity index (χ4n) is 4.40. The zero-order chi connectivity index (χ0) is 29.9. The lowest BCUT2D eigenvalue weighted by Gasteiger charge is -2.14. The number of nitrogens with one attached hydrogen (secondary N) is 1. The SMILES string of the molecule is Cc1cccc(NS(=O)(=O)c2cccc(C(=O)O[C@H](C)C(=O)c3cc(C)n(-c4ccc(OC(F)F)cc4)c3C)c2)c1. The van der Waals surface area contributed by atoms with E-state index in [2.05, 4.69) is 9.46 Å². The van der Waals surface area contributed by atoms with Gasteiger partial charge < -0.3 is 14.0 Å². The molecule has 0 saturated heterocycles. The molecule has 0 bridgehead atoms. The normalized spacial score (nSPS) is 12.2. The third-order valence-corrected chi connectivity index (χ3v) is 7.70. The van der Waals surface area contributed by atoms with E-state index in [4.69, 9.17) is 4.74 Å². The predicted octanol–water partition coefficient (Wildman–Crippen LogP) is 6.23. The van der Waals surface area contributed by atoms with Gasteiger partial charge >= 0.3 is 12.6 Å². The maximum atomic E-state index is 13.3. The van der Waals surface area contributed by atoms with Crippen LogP contribution in [0.4, 0.5) is 14.5 Å². The molecule has 0 aliphatic carbocycles. The molecule has 0 fully saturated rings. The van der Waals surface area contributed by atoms with Gasteiger partial charge in [-0.25, -0.2) is 13.2 Å². The molecule has 0 radical (unpaired) electrons. The van der Waals surface area contributed by atoms with Crippen molar-refractivity contribution in [2.75, 3.05) is 4.72 Å². The van der Waals surface area contributed by atoms with Crippen LogP contribution in [0.15, 0.2) is 83.8 Å². The van der Waals surface area contributed by atoms with E-state index in [-0.39, 0.29) is 16.2 Å². The van der Waals surface area contributed by atoms with Crippen molar-refractivity contribution < 1.29 is 36.3 Å². The molecule has 1 N–H and O–H groups in total. The van der Waals surface area contributed by atoms with Crippen molar-refractivity contribution in [1.82, 2.24) is 4.57 Å². The minimum absolute atomic E-state index is 0.00543. The van der Waals surface area contributed by atoms with Gasteiger partial charge in [-0.1, -0.05) is 18.2 Å². The number of nitrogens with zero attached hydrogens (tertiary/aromatic N) is 1. The molecule has 8 nitrogen and oxygen atoms in total. The van der Waals surface area contributed by atoms with Gasteiger partial charge in [0.25, 0.3) is 10.0 Å². The second-order valence-electron chi connectivity index (χ2n) is 9.41. The van der Waals surface area contributed by atoms with Crippen LogP contribution in [0.1, 0.15) is 44.6 Å². The number of ketones is 1. The Kier molecular flexibility index (Phi) is 8.57. The van der Waals surface area contributed by atoms with Crippen LogP contribution in [-0.4, -0.2) is 37.5 Å². The molecule has 1 heterocycles. The fraction of sp³-hybridized carbons (Fsp3) is 0.200. The van der Waals surface area contributed by atoms with E-state index in [0.29, 0.717) is 28.3 Å². The van der Waals surface area contributed by atoms with E-state index in [9.17, 15) is 26.8 Å². The summed E-state index contributed by atoms with van der Waals surface area (Å²) in [5.74, 6) is -1.31. The maximum absolute atomic E-state index is 13.3. The van der Waals surface area contributed by atoms with E-state index in [0.717, 1.165) is 5.56 Å². The second-order valence-corrected chi connectivity index (χ2v) is 11.1. The fourth-order valence-corrected chi connectivity index (χ4v) is 5.50. The van der Waals surface area contributed by atoms with Crippen LogP contribution in [0.25, 0.3) is 5.69 Å². The highest BCUT2D eigenvalue weighted by Gasteiger charge is 2.26. The molecule has 4 rings (SSSR count). The Bertz CT molecular complexity index is 1700. The molecule has 0 unspecified atom stereocenters. The lowest BCUT2D eigenvalue weighted by molar-refractivity contribution is -0.0498. The van der Waals surface area contributed by atoms with Gasteiger partial charge in [-0.15, -0.1) is 0 Å². The Hall–Kier alpha value is -4.51. The average molecular weight is 583 g/mol. The van der Waals surface area contributed by atoms with Gasteiger partial charge in [0.1, 0.15) is 5.75 Å². The number of rotatable bonds is 10. The summed E-state index contributed by atoms with van der Waals surface area (Å²) >= 11 is 0. The summed E-state index contributed by atoms with van der Waals surface area (Å²) in [5, 5.41) is 0. The van der Waals surface area contributed by atoms with Crippen LogP contribution in [-0.2, 0) is 14.8 Å². The molecular weight excluding hydrogens is 554 g/mol. The number of benzene rings is 3. The zero-order valence-electron chi connectivity index (χ0n) is 22.7. The van der Waals surface area contributed by atoms with Gasteiger partial charge in [0.05, 0.1) is 10.5 Å².